The Bertz CT molecular complexity index is 746. The molecule has 1 aliphatic heterocycles. The van der Waals surface area contributed by atoms with Crippen LogP contribution in [0.1, 0.15) is 48.9 Å². The Labute approximate surface area is 167 Å². The van der Waals surface area contributed by atoms with Crippen molar-refractivity contribution in [3.05, 3.63) is 60.2 Å². The average Bonchev–Trinajstić information content (AvgIpc) is 3.29. The average molecular weight is 379 g/mol. The second-order valence-electron chi connectivity index (χ2n) is 8.07. The third-order valence-electron chi connectivity index (χ3n) is 6.14. The highest BCUT2D eigenvalue weighted by Crippen LogP contribution is 2.27. The molecule has 1 heterocycles. The number of carbonyl (C=O) groups excluding carboxylic acids is 1. The van der Waals surface area contributed by atoms with E-state index in [1.54, 1.807) is 0 Å². The molecule has 0 bridgehead atoms. The zero-order chi connectivity index (χ0) is 19.2. The van der Waals surface area contributed by atoms with Gasteiger partial charge in [0.25, 0.3) is 5.91 Å². The molecule has 28 heavy (non-hydrogen) atoms. The number of benzene rings is 2. The lowest BCUT2D eigenvalue weighted by molar-refractivity contribution is 0.0924. The van der Waals surface area contributed by atoms with Crippen molar-refractivity contribution in [2.24, 2.45) is 5.92 Å². The lowest BCUT2D eigenvalue weighted by Crippen LogP contribution is -2.42. The number of likely N-dealkylation sites (tertiary alicyclic amines) is 1. The van der Waals surface area contributed by atoms with Gasteiger partial charge in [-0.2, -0.15) is 0 Å². The summed E-state index contributed by atoms with van der Waals surface area (Å²) >= 11 is 0. The summed E-state index contributed by atoms with van der Waals surface area (Å²) in [5.74, 6) is 2.14. The topological polar surface area (TPSA) is 41.6 Å². The summed E-state index contributed by atoms with van der Waals surface area (Å²) in [7, 11) is 0. The van der Waals surface area contributed by atoms with Crippen LogP contribution in [0, 0.1) is 5.92 Å². The molecule has 0 aromatic heterocycles. The molecular formula is C24H30N2O2. The number of amides is 1. The number of nitrogens with one attached hydrogen (secondary N) is 1. The molecule has 0 radical (unpaired) electrons. The number of rotatable bonds is 6. The summed E-state index contributed by atoms with van der Waals surface area (Å²) in [6.45, 7) is 3.16. The molecule has 2 aromatic rings. The predicted molar refractivity (Wildman–Crippen MR) is 112 cm³/mol. The Morgan fingerprint density at radius 3 is 2.21 bits per heavy atom. The fourth-order valence-electron chi connectivity index (χ4n) is 4.43. The second kappa shape index (κ2) is 9.24. The molecule has 2 aliphatic rings. The van der Waals surface area contributed by atoms with Crippen LogP contribution in [-0.4, -0.2) is 36.5 Å². The molecule has 4 nitrogen and oxygen atoms in total. The number of para-hydroxylation sites is 1. The normalized spacial score (nSPS) is 18.9. The maximum atomic E-state index is 12.5. The van der Waals surface area contributed by atoms with Gasteiger partial charge in [0, 0.05) is 18.2 Å². The van der Waals surface area contributed by atoms with Crippen LogP contribution in [-0.2, 0) is 0 Å². The molecule has 4 heteroatoms. The summed E-state index contributed by atoms with van der Waals surface area (Å²) in [4.78, 5) is 15.1. The first-order valence-corrected chi connectivity index (χ1v) is 10.6. The number of ether oxygens (including phenoxy) is 1. The molecule has 1 N–H and O–H groups in total. The van der Waals surface area contributed by atoms with Gasteiger partial charge in [-0.1, -0.05) is 31.0 Å². The van der Waals surface area contributed by atoms with Crippen molar-refractivity contribution in [3.63, 3.8) is 0 Å². The van der Waals surface area contributed by atoms with Crippen molar-refractivity contribution < 1.29 is 9.53 Å². The summed E-state index contributed by atoms with van der Waals surface area (Å²) in [6, 6.07) is 17.9. The van der Waals surface area contributed by atoms with Crippen molar-refractivity contribution in [1.29, 1.82) is 0 Å². The molecule has 0 unspecified atom stereocenters. The lowest BCUT2D eigenvalue weighted by Gasteiger charge is -2.36. The summed E-state index contributed by atoms with van der Waals surface area (Å²) < 4.78 is 5.78. The van der Waals surface area contributed by atoms with Gasteiger partial charge in [0.2, 0.25) is 0 Å². The van der Waals surface area contributed by atoms with Crippen LogP contribution in [0.3, 0.4) is 0 Å². The van der Waals surface area contributed by atoms with Gasteiger partial charge in [0.1, 0.15) is 11.5 Å². The van der Waals surface area contributed by atoms with Gasteiger partial charge in [-0.3, -0.25) is 4.79 Å². The van der Waals surface area contributed by atoms with Gasteiger partial charge < -0.3 is 15.0 Å². The van der Waals surface area contributed by atoms with Gasteiger partial charge in [0.15, 0.2) is 0 Å². The molecule has 4 rings (SSSR count). The fraction of sp³-hybridized carbons (Fsp3) is 0.458. The number of piperidine rings is 1. The van der Waals surface area contributed by atoms with Crippen molar-refractivity contribution >= 4 is 5.91 Å². The summed E-state index contributed by atoms with van der Waals surface area (Å²) in [5, 5.41) is 3.12. The highest BCUT2D eigenvalue weighted by molar-refractivity contribution is 5.94. The van der Waals surface area contributed by atoms with E-state index in [2.05, 4.69) is 10.2 Å². The molecule has 0 atom stereocenters. The van der Waals surface area contributed by atoms with Crippen LogP contribution in [0.5, 0.6) is 11.5 Å². The standard InChI is InChI=1S/C24H30N2O2/c27-24(20-10-12-23(13-11-20)28-22-8-2-1-3-9-22)25-18-19-14-16-26(17-15-19)21-6-4-5-7-21/h1-3,8-13,19,21H,4-7,14-18H2,(H,25,27). The number of hydrogen-bond acceptors (Lipinski definition) is 3. The Morgan fingerprint density at radius 1 is 0.893 bits per heavy atom. The first-order chi connectivity index (χ1) is 13.8. The van der Waals surface area contributed by atoms with Crippen LogP contribution >= 0.6 is 0 Å². The minimum Gasteiger partial charge on any atom is -0.457 e. The number of carbonyl (C=O) groups is 1. The van der Waals surface area contributed by atoms with E-state index >= 15 is 0 Å². The van der Waals surface area contributed by atoms with Crippen LogP contribution in [0.2, 0.25) is 0 Å². The predicted octanol–water partition coefficient (Wildman–Crippen LogP) is 4.86. The smallest absolute Gasteiger partial charge is 0.251 e. The summed E-state index contributed by atoms with van der Waals surface area (Å²) in [6.07, 6.45) is 7.95. The Hall–Kier alpha value is -2.33. The van der Waals surface area contributed by atoms with E-state index in [1.165, 1.54) is 51.6 Å². The Balaban J connectivity index is 1.22. The summed E-state index contributed by atoms with van der Waals surface area (Å²) in [5.41, 5.74) is 0.684. The van der Waals surface area contributed by atoms with Crippen LogP contribution in [0.15, 0.2) is 54.6 Å². The zero-order valence-corrected chi connectivity index (χ0v) is 16.5. The van der Waals surface area contributed by atoms with Gasteiger partial charge in [0.05, 0.1) is 0 Å². The minimum atomic E-state index is 0.00415. The number of nitrogens with zero attached hydrogens (tertiary/aromatic N) is 1. The van der Waals surface area contributed by atoms with E-state index in [-0.39, 0.29) is 5.91 Å². The monoisotopic (exact) mass is 378 g/mol. The molecular weight excluding hydrogens is 348 g/mol. The minimum absolute atomic E-state index is 0.00415. The largest absolute Gasteiger partial charge is 0.457 e. The quantitative estimate of drug-likeness (QED) is 0.780. The van der Waals surface area contributed by atoms with E-state index in [0.717, 1.165) is 24.1 Å². The maximum Gasteiger partial charge on any atom is 0.251 e. The fourth-order valence-corrected chi connectivity index (χ4v) is 4.43. The molecule has 1 aliphatic carbocycles. The van der Waals surface area contributed by atoms with Crippen molar-refractivity contribution in [1.82, 2.24) is 10.2 Å². The highest BCUT2D eigenvalue weighted by atomic mass is 16.5. The molecule has 2 aromatic carbocycles. The third-order valence-corrected chi connectivity index (χ3v) is 6.14. The van der Waals surface area contributed by atoms with Gasteiger partial charge in [-0.15, -0.1) is 0 Å². The van der Waals surface area contributed by atoms with Gasteiger partial charge >= 0.3 is 0 Å². The first-order valence-electron chi connectivity index (χ1n) is 10.6. The Morgan fingerprint density at radius 2 is 1.54 bits per heavy atom. The van der Waals surface area contributed by atoms with Crippen LogP contribution < -0.4 is 10.1 Å². The first kappa shape index (κ1) is 19.0. The molecule has 148 valence electrons. The van der Waals surface area contributed by atoms with Gasteiger partial charge in [-0.25, -0.2) is 0 Å². The molecule has 0 spiro atoms. The lowest BCUT2D eigenvalue weighted by atomic mass is 9.95. The van der Waals surface area contributed by atoms with Gasteiger partial charge in [-0.05, 0) is 81.1 Å². The Kier molecular flexibility index (Phi) is 6.27. The van der Waals surface area contributed by atoms with E-state index in [9.17, 15) is 4.79 Å². The highest BCUT2D eigenvalue weighted by Gasteiger charge is 2.27. The van der Waals surface area contributed by atoms with E-state index in [4.69, 9.17) is 4.74 Å². The van der Waals surface area contributed by atoms with Crippen LogP contribution in [0.4, 0.5) is 0 Å². The van der Waals surface area contributed by atoms with Crippen LogP contribution in [0.25, 0.3) is 0 Å². The third kappa shape index (κ3) is 4.93. The van der Waals surface area contributed by atoms with Crippen molar-refractivity contribution in [3.8, 4) is 11.5 Å². The van der Waals surface area contributed by atoms with E-state index < -0.39 is 0 Å². The molecule has 1 saturated heterocycles. The molecule has 1 saturated carbocycles. The van der Waals surface area contributed by atoms with E-state index in [1.807, 2.05) is 54.6 Å². The number of hydrogen-bond donors (Lipinski definition) is 1. The zero-order valence-electron chi connectivity index (χ0n) is 16.5. The van der Waals surface area contributed by atoms with Crippen molar-refractivity contribution in [2.75, 3.05) is 19.6 Å². The van der Waals surface area contributed by atoms with Crippen molar-refractivity contribution in [2.45, 2.75) is 44.6 Å². The van der Waals surface area contributed by atoms with E-state index in [0.29, 0.717) is 11.5 Å². The SMILES string of the molecule is O=C(NCC1CCN(C2CCCC2)CC1)c1ccc(Oc2ccccc2)cc1. The second-order valence-corrected chi connectivity index (χ2v) is 8.07. The molecule has 2 fully saturated rings. The molecule has 1 amide bonds. The maximum absolute atomic E-state index is 12.5.